The molecule has 2 heterocycles. The summed E-state index contributed by atoms with van der Waals surface area (Å²) in [6.45, 7) is 6.69. The topological polar surface area (TPSA) is 43.8 Å². The Balaban J connectivity index is 2.06. The van der Waals surface area contributed by atoms with Gasteiger partial charge in [0.1, 0.15) is 0 Å². The number of hydrogen-bond acceptors (Lipinski definition) is 3. The first-order valence-electron chi connectivity index (χ1n) is 7.08. The van der Waals surface area contributed by atoms with Crippen molar-refractivity contribution in [3.05, 3.63) is 0 Å². The number of nitrogens with zero attached hydrogens (tertiary/aromatic N) is 2. The van der Waals surface area contributed by atoms with E-state index in [1.807, 2.05) is 4.90 Å². The molecule has 0 aromatic carbocycles. The lowest BCUT2D eigenvalue weighted by Crippen LogP contribution is -2.57. The van der Waals surface area contributed by atoms with Crippen LogP contribution in [-0.4, -0.2) is 59.1 Å². The third-order valence-corrected chi connectivity index (χ3v) is 4.45. The van der Waals surface area contributed by atoms with Gasteiger partial charge < -0.3 is 14.9 Å². The molecule has 1 N–H and O–H groups in total. The third kappa shape index (κ3) is 2.86. The summed E-state index contributed by atoms with van der Waals surface area (Å²) in [5.41, 5.74) is -0.105. The lowest BCUT2D eigenvalue weighted by atomic mass is 9.86. The number of amides is 1. The van der Waals surface area contributed by atoms with Gasteiger partial charge in [-0.3, -0.25) is 4.79 Å². The molecule has 18 heavy (non-hydrogen) atoms. The van der Waals surface area contributed by atoms with E-state index in [0.29, 0.717) is 6.54 Å². The average molecular weight is 254 g/mol. The zero-order valence-corrected chi connectivity index (χ0v) is 11.9. The predicted molar refractivity (Wildman–Crippen MR) is 71.3 cm³/mol. The summed E-state index contributed by atoms with van der Waals surface area (Å²) in [6, 6.07) is 0. The zero-order chi connectivity index (χ0) is 13.3. The highest BCUT2D eigenvalue weighted by Gasteiger charge is 2.39. The van der Waals surface area contributed by atoms with Crippen molar-refractivity contribution >= 4 is 5.91 Å². The highest BCUT2D eigenvalue weighted by atomic mass is 16.3. The van der Waals surface area contributed by atoms with Gasteiger partial charge in [-0.25, -0.2) is 0 Å². The summed E-state index contributed by atoms with van der Waals surface area (Å²) in [7, 11) is 2.08. The molecular formula is C14H26N2O2. The number of β-amino-alcohol motifs (C(OH)–C–C–N with tert-alkyl or cyclic N) is 1. The monoisotopic (exact) mass is 254 g/mol. The number of carbonyl (C=O) groups excluding carboxylic acids is 1. The van der Waals surface area contributed by atoms with Crippen LogP contribution in [0.1, 0.15) is 39.5 Å². The van der Waals surface area contributed by atoms with Crippen molar-refractivity contribution in [2.24, 2.45) is 5.92 Å². The van der Waals surface area contributed by atoms with Crippen molar-refractivity contribution in [2.75, 3.05) is 26.7 Å². The van der Waals surface area contributed by atoms with E-state index in [2.05, 4.69) is 25.8 Å². The molecular weight excluding hydrogens is 228 g/mol. The van der Waals surface area contributed by atoms with Gasteiger partial charge in [0, 0.05) is 18.6 Å². The van der Waals surface area contributed by atoms with Crippen molar-refractivity contribution < 1.29 is 9.90 Å². The van der Waals surface area contributed by atoms with Gasteiger partial charge in [-0.05, 0) is 53.1 Å². The van der Waals surface area contributed by atoms with Gasteiger partial charge in [0.15, 0.2) is 0 Å². The van der Waals surface area contributed by atoms with Crippen molar-refractivity contribution in [3.8, 4) is 0 Å². The number of carbonyl (C=O) groups is 1. The van der Waals surface area contributed by atoms with Gasteiger partial charge in [0.05, 0.1) is 12.0 Å². The molecule has 2 fully saturated rings. The molecule has 2 aliphatic rings. The van der Waals surface area contributed by atoms with Gasteiger partial charge in [0.25, 0.3) is 0 Å². The molecule has 0 aromatic rings. The molecule has 4 nitrogen and oxygen atoms in total. The number of piperidine rings is 2. The molecule has 0 saturated carbocycles. The van der Waals surface area contributed by atoms with Crippen LogP contribution < -0.4 is 0 Å². The maximum Gasteiger partial charge on any atom is 0.227 e. The fourth-order valence-electron chi connectivity index (χ4n) is 3.18. The molecule has 1 amide bonds. The van der Waals surface area contributed by atoms with Crippen molar-refractivity contribution in [2.45, 2.75) is 51.2 Å². The first kappa shape index (κ1) is 13.8. The Morgan fingerprint density at radius 1 is 1.28 bits per heavy atom. The van der Waals surface area contributed by atoms with Crippen LogP contribution in [0.25, 0.3) is 0 Å². The highest BCUT2D eigenvalue weighted by molar-refractivity contribution is 5.80. The Morgan fingerprint density at radius 3 is 2.67 bits per heavy atom. The van der Waals surface area contributed by atoms with Crippen molar-refractivity contribution in [1.82, 2.24) is 9.80 Å². The van der Waals surface area contributed by atoms with E-state index in [9.17, 15) is 9.90 Å². The normalized spacial score (nSPS) is 33.4. The average Bonchev–Trinajstić information content (AvgIpc) is 2.31. The number of aliphatic hydroxyl groups is 1. The van der Waals surface area contributed by atoms with Crippen molar-refractivity contribution in [1.29, 1.82) is 0 Å². The minimum Gasteiger partial charge on any atom is -0.391 e. The summed E-state index contributed by atoms with van der Waals surface area (Å²) in [4.78, 5) is 16.8. The van der Waals surface area contributed by atoms with Crippen LogP contribution >= 0.6 is 0 Å². The number of aliphatic hydroxyl groups excluding tert-OH is 1. The first-order chi connectivity index (χ1) is 8.40. The summed E-state index contributed by atoms with van der Waals surface area (Å²) >= 11 is 0. The molecule has 2 saturated heterocycles. The fraction of sp³-hybridized carbons (Fsp3) is 0.929. The molecule has 104 valence electrons. The van der Waals surface area contributed by atoms with Crippen LogP contribution in [0.2, 0.25) is 0 Å². The lowest BCUT2D eigenvalue weighted by Gasteiger charge is -2.46. The van der Waals surface area contributed by atoms with Crippen LogP contribution in [0, 0.1) is 5.92 Å². The Kier molecular flexibility index (Phi) is 3.97. The van der Waals surface area contributed by atoms with E-state index in [0.717, 1.165) is 38.8 Å². The molecule has 0 radical (unpaired) electrons. The molecule has 0 bridgehead atoms. The van der Waals surface area contributed by atoms with Gasteiger partial charge in [0.2, 0.25) is 5.91 Å². The Morgan fingerprint density at radius 2 is 2.00 bits per heavy atom. The van der Waals surface area contributed by atoms with Gasteiger partial charge in [-0.15, -0.1) is 0 Å². The van der Waals surface area contributed by atoms with E-state index in [-0.39, 0.29) is 23.5 Å². The molecule has 2 rings (SSSR count). The predicted octanol–water partition coefficient (Wildman–Crippen LogP) is 1.09. The quantitative estimate of drug-likeness (QED) is 0.762. The smallest absolute Gasteiger partial charge is 0.227 e. The summed E-state index contributed by atoms with van der Waals surface area (Å²) in [5, 5.41) is 9.81. The molecule has 4 heteroatoms. The fourth-order valence-corrected chi connectivity index (χ4v) is 3.18. The highest BCUT2D eigenvalue weighted by Crippen LogP contribution is 2.30. The standard InChI is InChI=1S/C14H26N2O2/c1-14(2)7-6-12(17)10-16(14)13(18)11-5-4-8-15(3)9-11/h11-12,17H,4-10H2,1-3H3. The number of rotatable bonds is 1. The minimum absolute atomic E-state index is 0.105. The molecule has 2 atom stereocenters. The maximum absolute atomic E-state index is 12.6. The van der Waals surface area contributed by atoms with Crippen LogP contribution in [0.5, 0.6) is 0 Å². The van der Waals surface area contributed by atoms with Crippen molar-refractivity contribution in [3.63, 3.8) is 0 Å². The summed E-state index contributed by atoms with van der Waals surface area (Å²) < 4.78 is 0. The first-order valence-corrected chi connectivity index (χ1v) is 7.08. The maximum atomic E-state index is 12.6. The van der Waals surface area contributed by atoms with Crippen LogP contribution in [-0.2, 0) is 4.79 Å². The Labute approximate surface area is 110 Å². The summed E-state index contributed by atoms with van der Waals surface area (Å²) in [6.07, 6.45) is 3.45. The van der Waals surface area contributed by atoms with Gasteiger partial charge in [-0.1, -0.05) is 0 Å². The minimum atomic E-state index is -0.344. The van der Waals surface area contributed by atoms with E-state index in [1.165, 1.54) is 0 Å². The number of likely N-dealkylation sites (tertiary alicyclic amines) is 2. The Bertz CT molecular complexity index is 317. The van der Waals surface area contributed by atoms with E-state index < -0.39 is 0 Å². The van der Waals surface area contributed by atoms with Gasteiger partial charge in [-0.2, -0.15) is 0 Å². The van der Waals surface area contributed by atoms with Crippen LogP contribution in [0.3, 0.4) is 0 Å². The molecule has 2 unspecified atom stereocenters. The van der Waals surface area contributed by atoms with E-state index >= 15 is 0 Å². The molecule has 2 aliphatic heterocycles. The van der Waals surface area contributed by atoms with Crippen LogP contribution in [0.15, 0.2) is 0 Å². The number of hydrogen-bond donors (Lipinski definition) is 1. The Hall–Kier alpha value is -0.610. The lowest BCUT2D eigenvalue weighted by molar-refractivity contribution is -0.148. The second kappa shape index (κ2) is 5.17. The zero-order valence-electron chi connectivity index (χ0n) is 11.9. The molecule has 0 aliphatic carbocycles. The van der Waals surface area contributed by atoms with E-state index in [4.69, 9.17) is 0 Å². The third-order valence-electron chi connectivity index (χ3n) is 4.45. The second-order valence-corrected chi connectivity index (χ2v) is 6.56. The SMILES string of the molecule is CN1CCCC(C(=O)N2CC(O)CCC2(C)C)C1. The van der Waals surface area contributed by atoms with Gasteiger partial charge >= 0.3 is 0 Å². The van der Waals surface area contributed by atoms with E-state index in [1.54, 1.807) is 0 Å². The second-order valence-electron chi connectivity index (χ2n) is 6.56. The summed E-state index contributed by atoms with van der Waals surface area (Å²) in [5.74, 6) is 0.360. The molecule has 0 spiro atoms. The largest absolute Gasteiger partial charge is 0.391 e. The van der Waals surface area contributed by atoms with Crippen LogP contribution in [0.4, 0.5) is 0 Å². The molecule has 0 aromatic heterocycles.